The third-order valence-electron chi connectivity index (χ3n) is 2.72. The molecule has 2 rings (SSSR count). The predicted octanol–water partition coefficient (Wildman–Crippen LogP) is 2.92. The summed E-state index contributed by atoms with van der Waals surface area (Å²) < 4.78 is 0. The minimum atomic E-state index is -0.511. The Labute approximate surface area is 113 Å². The van der Waals surface area contributed by atoms with Crippen LogP contribution in [0.4, 0.5) is 11.4 Å². The van der Waals surface area contributed by atoms with Gasteiger partial charge in [-0.3, -0.25) is 14.9 Å². The van der Waals surface area contributed by atoms with E-state index in [0.717, 1.165) is 11.1 Å². The summed E-state index contributed by atoms with van der Waals surface area (Å²) in [5.41, 5.74) is 3.52. The number of aromatic nitrogens is 1. The number of nitro groups is 1. The van der Waals surface area contributed by atoms with Gasteiger partial charge in [0.2, 0.25) is 0 Å². The van der Waals surface area contributed by atoms with Crippen LogP contribution < -0.4 is 5.32 Å². The molecule has 6 nitrogen and oxygen atoms in total. The molecule has 0 spiro atoms. The number of anilines is 1. The molecule has 98 valence electrons. The number of carbonyl (C=O) groups excluding carboxylic acids is 1. The summed E-state index contributed by atoms with van der Waals surface area (Å²) >= 11 is 1.29. The highest BCUT2D eigenvalue weighted by Gasteiger charge is 2.18. The highest BCUT2D eigenvalue weighted by Crippen LogP contribution is 2.28. The Bertz CT molecular complexity index is 638. The van der Waals surface area contributed by atoms with E-state index >= 15 is 0 Å². The van der Waals surface area contributed by atoms with Gasteiger partial charge < -0.3 is 5.32 Å². The van der Waals surface area contributed by atoms with Crippen molar-refractivity contribution < 1.29 is 9.72 Å². The first-order chi connectivity index (χ1) is 8.99. The Morgan fingerprint density at radius 1 is 1.37 bits per heavy atom. The summed E-state index contributed by atoms with van der Waals surface area (Å²) in [5, 5.41) is 15.1. The van der Waals surface area contributed by atoms with Gasteiger partial charge in [-0.05, 0) is 31.0 Å². The summed E-state index contributed by atoms with van der Waals surface area (Å²) in [4.78, 5) is 26.2. The predicted molar refractivity (Wildman–Crippen MR) is 72.6 cm³/mol. The molecule has 2 aromatic rings. The number of hydrogen-bond donors (Lipinski definition) is 1. The molecule has 0 atom stereocenters. The molecule has 1 heterocycles. The maximum absolute atomic E-state index is 11.9. The number of rotatable bonds is 3. The third-order valence-corrected chi connectivity index (χ3v) is 3.31. The molecule has 0 saturated carbocycles. The average Bonchev–Trinajstić information content (AvgIpc) is 2.86. The van der Waals surface area contributed by atoms with Crippen LogP contribution in [-0.4, -0.2) is 15.8 Å². The smallest absolute Gasteiger partial charge is 0.293 e. The van der Waals surface area contributed by atoms with E-state index in [4.69, 9.17) is 0 Å². The van der Waals surface area contributed by atoms with E-state index in [1.54, 1.807) is 18.4 Å². The van der Waals surface area contributed by atoms with Crippen molar-refractivity contribution in [3.05, 3.63) is 50.0 Å². The first-order valence-electron chi connectivity index (χ1n) is 5.44. The van der Waals surface area contributed by atoms with Crippen molar-refractivity contribution in [2.45, 2.75) is 13.8 Å². The fraction of sp³-hybridized carbons (Fsp3) is 0.167. The van der Waals surface area contributed by atoms with E-state index < -0.39 is 10.8 Å². The van der Waals surface area contributed by atoms with Gasteiger partial charge >= 0.3 is 0 Å². The average molecular weight is 277 g/mol. The number of thiazole rings is 1. The number of benzene rings is 1. The second kappa shape index (κ2) is 5.15. The molecule has 1 amide bonds. The number of nitro benzene ring substituents is 1. The largest absolute Gasteiger partial charge is 0.315 e. The van der Waals surface area contributed by atoms with Crippen molar-refractivity contribution in [3.63, 3.8) is 0 Å². The van der Waals surface area contributed by atoms with Crippen LogP contribution in [0.15, 0.2) is 23.0 Å². The van der Waals surface area contributed by atoms with Gasteiger partial charge in [0.1, 0.15) is 11.4 Å². The van der Waals surface area contributed by atoms with Gasteiger partial charge in [0.25, 0.3) is 11.6 Å². The van der Waals surface area contributed by atoms with Gasteiger partial charge in [-0.25, -0.2) is 4.98 Å². The highest BCUT2D eigenvalue weighted by atomic mass is 32.1. The molecule has 0 fully saturated rings. The number of amides is 1. The zero-order valence-corrected chi connectivity index (χ0v) is 11.2. The van der Waals surface area contributed by atoms with E-state index in [0.29, 0.717) is 0 Å². The Kier molecular flexibility index (Phi) is 3.57. The van der Waals surface area contributed by atoms with Crippen molar-refractivity contribution in [2.75, 3.05) is 5.32 Å². The number of nitrogens with zero attached hydrogens (tertiary/aromatic N) is 2. The Morgan fingerprint density at radius 3 is 2.63 bits per heavy atom. The van der Waals surface area contributed by atoms with E-state index in [-0.39, 0.29) is 17.1 Å². The third kappa shape index (κ3) is 2.76. The maximum Gasteiger partial charge on any atom is 0.293 e. The SMILES string of the molecule is Cc1cc(NC(=O)c2cscn2)c([N+](=O)[O-])cc1C. The molecule has 0 aliphatic rings. The molecular formula is C12H11N3O3S. The van der Waals surface area contributed by atoms with Crippen LogP contribution in [0.25, 0.3) is 0 Å². The molecule has 0 aliphatic heterocycles. The zero-order chi connectivity index (χ0) is 14.0. The number of aryl methyl sites for hydroxylation is 2. The van der Waals surface area contributed by atoms with E-state index in [1.165, 1.54) is 22.9 Å². The van der Waals surface area contributed by atoms with Gasteiger partial charge in [0.15, 0.2) is 0 Å². The van der Waals surface area contributed by atoms with Crippen LogP contribution in [0, 0.1) is 24.0 Å². The fourth-order valence-electron chi connectivity index (χ4n) is 1.56. The van der Waals surface area contributed by atoms with Crippen LogP contribution in [0.5, 0.6) is 0 Å². The van der Waals surface area contributed by atoms with Crippen LogP contribution in [0.1, 0.15) is 21.6 Å². The fourth-order valence-corrected chi connectivity index (χ4v) is 2.10. The first kappa shape index (κ1) is 13.2. The van der Waals surface area contributed by atoms with Gasteiger partial charge in [0, 0.05) is 11.4 Å². The molecule has 1 aromatic carbocycles. The molecule has 0 bridgehead atoms. The maximum atomic E-state index is 11.9. The lowest BCUT2D eigenvalue weighted by atomic mass is 10.1. The van der Waals surface area contributed by atoms with Crippen molar-refractivity contribution in [1.29, 1.82) is 0 Å². The number of hydrogen-bond acceptors (Lipinski definition) is 5. The molecule has 0 unspecified atom stereocenters. The molecule has 1 N–H and O–H groups in total. The summed E-state index contributed by atoms with van der Waals surface area (Å²) in [5.74, 6) is -0.451. The lowest BCUT2D eigenvalue weighted by Gasteiger charge is -2.07. The molecular weight excluding hydrogens is 266 g/mol. The topological polar surface area (TPSA) is 85.1 Å². The van der Waals surface area contributed by atoms with Gasteiger partial charge in [0.05, 0.1) is 10.4 Å². The minimum absolute atomic E-state index is 0.119. The first-order valence-corrected chi connectivity index (χ1v) is 6.38. The van der Waals surface area contributed by atoms with E-state index in [2.05, 4.69) is 10.3 Å². The summed E-state index contributed by atoms with van der Waals surface area (Å²) in [6.07, 6.45) is 0. The summed E-state index contributed by atoms with van der Waals surface area (Å²) in [6.45, 7) is 3.62. The monoisotopic (exact) mass is 277 g/mol. The molecule has 0 saturated heterocycles. The number of nitrogens with one attached hydrogen (secondary N) is 1. The highest BCUT2D eigenvalue weighted by molar-refractivity contribution is 7.07. The molecule has 7 heteroatoms. The minimum Gasteiger partial charge on any atom is -0.315 e. The zero-order valence-electron chi connectivity index (χ0n) is 10.3. The second-order valence-corrected chi connectivity index (χ2v) is 4.76. The van der Waals surface area contributed by atoms with Gasteiger partial charge in [-0.1, -0.05) is 0 Å². The van der Waals surface area contributed by atoms with Crippen molar-refractivity contribution in [3.8, 4) is 0 Å². The van der Waals surface area contributed by atoms with E-state index in [9.17, 15) is 14.9 Å². The lowest BCUT2D eigenvalue weighted by molar-refractivity contribution is -0.384. The lowest BCUT2D eigenvalue weighted by Crippen LogP contribution is -2.13. The van der Waals surface area contributed by atoms with Crippen LogP contribution >= 0.6 is 11.3 Å². The van der Waals surface area contributed by atoms with Crippen molar-refractivity contribution >= 4 is 28.6 Å². The van der Waals surface area contributed by atoms with Crippen LogP contribution in [-0.2, 0) is 0 Å². The Balaban J connectivity index is 2.36. The Morgan fingerprint density at radius 2 is 2.05 bits per heavy atom. The molecule has 1 aromatic heterocycles. The Hall–Kier alpha value is -2.28. The normalized spacial score (nSPS) is 10.2. The standard InChI is InChI=1S/C12H11N3O3S/c1-7-3-9(11(15(17)18)4-8(7)2)14-12(16)10-5-19-6-13-10/h3-6H,1-2H3,(H,14,16). The second-order valence-electron chi connectivity index (χ2n) is 4.04. The van der Waals surface area contributed by atoms with Crippen molar-refractivity contribution in [1.82, 2.24) is 4.98 Å². The molecule has 0 radical (unpaired) electrons. The summed E-state index contributed by atoms with van der Waals surface area (Å²) in [7, 11) is 0. The molecule has 0 aliphatic carbocycles. The number of carbonyl (C=O) groups is 1. The molecule has 19 heavy (non-hydrogen) atoms. The van der Waals surface area contributed by atoms with Gasteiger partial charge in [-0.2, -0.15) is 0 Å². The van der Waals surface area contributed by atoms with Crippen LogP contribution in [0.3, 0.4) is 0 Å². The van der Waals surface area contributed by atoms with Crippen molar-refractivity contribution in [2.24, 2.45) is 0 Å². The van der Waals surface area contributed by atoms with Gasteiger partial charge in [-0.15, -0.1) is 11.3 Å². The van der Waals surface area contributed by atoms with E-state index in [1.807, 2.05) is 6.92 Å². The summed E-state index contributed by atoms with van der Waals surface area (Å²) in [6, 6.07) is 3.05. The van der Waals surface area contributed by atoms with Crippen LogP contribution in [0.2, 0.25) is 0 Å². The quantitative estimate of drug-likeness (QED) is 0.690.